The van der Waals surface area contributed by atoms with Crippen molar-refractivity contribution in [2.24, 2.45) is 14.1 Å². The summed E-state index contributed by atoms with van der Waals surface area (Å²) in [5, 5.41) is 8.30. The van der Waals surface area contributed by atoms with Gasteiger partial charge in [0.25, 0.3) is 0 Å². The van der Waals surface area contributed by atoms with E-state index >= 15 is 0 Å². The van der Waals surface area contributed by atoms with E-state index in [1.807, 2.05) is 44.7 Å². The lowest BCUT2D eigenvalue weighted by molar-refractivity contribution is -0.120. The van der Waals surface area contributed by atoms with E-state index in [0.717, 1.165) is 33.2 Å². The first kappa shape index (κ1) is 17.0. The van der Waals surface area contributed by atoms with Crippen LogP contribution in [0.5, 0.6) is 0 Å². The van der Waals surface area contributed by atoms with Gasteiger partial charge in [0.15, 0.2) is 0 Å². The second-order valence-electron chi connectivity index (χ2n) is 6.72. The summed E-state index contributed by atoms with van der Waals surface area (Å²) in [5.41, 5.74) is 5.13. The molecule has 1 aromatic carbocycles. The van der Waals surface area contributed by atoms with Crippen LogP contribution in [0.1, 0.15) is 11.1 Å². The molecular formula is C21H21N5O. The van der Waals surface area contributed by atoms with Crippen molar-refractivity contribution in [2.45, 2.75) is 13.0 Å². The summed E-state index contributed by atoms with van der Waals surface area (Å²) in [6, 6.07) is 10.2. The van der Waals surface area contributed by atoms with Crippen LogP contribution in [0.15, 0.2) is 61.3 Å². The van der Waals surface area contributed by atoms with Crippen LogP contribution in [0.4, 0.5) is 0 Å². The molecule has 0 spiro atoms. The molecule has 6 heteroatoms. The lowest BCUT2D eigenvalue weighted by Crippen LogP contribution is -2.24. The molecule has 0 saturated carbocycles. The van der Waals surface area contributed by atoms with Gasteiger partial charge in [-0.15, -0.1) is 0 Å². The molecule has 1 N–H and O–H groups in total. The van der Waals surface area contributed by atoms with Crippen molar-refractivity contribution in [3.8, 4) is 11.1 Å². The van der Waals surface area contributed by atoms with Gasteiger partial charge in [-0.2, -0.15) is 5.10 Å². The molecule has 0 unspecified atom stereocenters. The van der Waals surface area contributed by atoms with E-state index in [9.17, 15) is 4.79 Å². The molecule has 136 valence electrons. The van der Waals surface area contributed by atoms with Gasteiger partial charge < -0.3 is 9.88 Å². The Bertz CT molecular complexity index is 1110. The standard InChI is InChI=1S/C21H21N5O/c1-25-13-17(19-5-3-4-6-20(19)25)8-21(27)23-10-15-7-16(11-22-9-15)18-12-24-26(2)14-18/h3-7,9,11-14H,8,10H2,1-2H3,(H,23,27). The highest BCUT2D eigenvalue weighted by Gasteiger charge is 2.10. The fourth-order valence-corrected chi connectivity index (χ4v) is 3.31. The smallest absolute Gasteiger partial charge is 0.224 e. The van der Waals surface area contributed by atoms with Gasteiger partial charge in [-0.05, 0) is 23.3 Å². The van der Waals surface area contributed by atoms with Gasteiger partial charge in [-0.3, -0.25) is 14.5 Å². The summed E-state index contributed by atoms with van der Waals surface area (Å²) < 4.78 is 3.81. The number of fused-ring (bicyclic) bond motifs is 1. The van der Waals surface area contributed by atoms with Crippen molar-refractivity contribution in [3.05, 3.63) is 72.4 Å². The molecule has 0 aliphatic rings. The maximum absolute atomic E-state index is 12.4. The molecule has 0 atom stereocenters. The van der Waals surface area contributed by atoms with Gasteiger partial charge in [-0.1, -0.05) is 18.2 Å². The van der Waals surface area contributed by atoms with Crippen LogP contribution in [0.2, 0.25) is 0 Å². The molecule has 4 rings (SSSR count). The first-order chi connectivity index (χ1) is 13.1. The fraction of sp³-hybridized carbons (Fsp3) is 0.190. The van der Waals surface area contributed by atoms with Gasteiger partial charge in [0.05, 0.1) is 12.6 Å². The lowest BCUT2D eigenvalue weighted by Gasteiger charge is -2.06. The van der Waals surface area contributed by atoms with E-state index in [1.165, 1.54) is 0 Å². The predicted molar refractivity (Wildman–Crippen MR) is 105 cm³/mol. The molecule has 6 nitrogen and oxygen atoms in total. The van der Waals surface area contributed by atoms with Crippen molar-refractivity contribution in [1.29, 1.82) is 0 Å². The molecule has 3 heterocycles. The number of para-hydroxylation sites is 1. The Labute approximate surface area is 157 Å². The number of amides is 1. The largest absolute Gasteiger partial charge is 0.352 e. The zero-order valence-corrected chi connectivity index (χ0v) is 15.4. The molecule has 0 aliphatic heterocycles. The number of pyridine rings is 1. The number of hydrogen-bond acceptors (Lipinski definition) is 3. The molecule has 0 bridgehead atoms. The molecule has 4 aromatic rings. The molecule has 0 radical (unpaired) electrons. The number of carbonyl (C=O) groups excluding carboxylic acids is 1. The topological polar surface area (TPSA) is 64.7 Å². The molecule has 3 aromatic heterocycles. The summed E-state index contributed by atoms with van der Waals surface area (Å²) >= 11 is 0. The summed E-state index contributed by atoms with van der Waals surface area (Å²) in [7, 11) is 3.88. The minimum absolute atomic E-state index is 0.00173. The zero-order chi connectivity index (χ0) is 18.8. The van der Waals surface area contributed by atoms with Crippen LogP contribution in [0, 0.1) is 0 Å². The van der Waals surface area contributed by atoms with Crippen LogP contribution >= 0.6 is 0 Å². The van der Waals surface area contributed by atoms with Gasteiger partial charge in [0, 0.05) is 67.5 Å². The van der Waals surface area contributed by atoms with E-state index in [4.69, 9.17) is 0 Å². The average Bonchev–Trinajstić information content (AvgIpc) is 3.25. The number of rotatable bonds is 5. The number of benzene rings is 1. The van der Waals surface area contributed by atoms with Gasteiger partial charge in [-0.25, -0.2) is 0 Å². The van der Waals surface area contributed by atoms with Crippen LogP contribution in [0.25, 0.3) is 22.0 Å². The van der Waals surface area contributed by atoms with E-state index in [0.29, 0.717) is 13.0 Å². The van der Waals surface area contributed by atoms with Crippen LogP contribution in [-0.2, 0) is 31.9 Å². The third kappa shape index (κ3) is 3.60. The molecular weight excluding hydrogens is 338 g/mol. The highest BCUT2D eigenvalue weighted by atomic mass is 16.1. The molecule has 0 saturated heterocycles. The summed E-state index contributed by atoms with van der Waals surface area (Å²) in [6.45, 7) is 0.449. The van der Waals surface area contributed by atoms with E-state index in [2.05, 4.69) is 32.1 Å². The molecule has 0 fully saturated rings. The third-order valence-electron chi connectivity index (χ3n) is 4.65. The third-order valence-corrected chi connectivity index (χ3v) is 4.65. The number of aromatic nitrogens is 4. The van der Waals surface area contributed by atoms with Crippen molar-refractivity contribution in [3.63, 3.8) is 0 Å². The molecule has 27 heavy (non-hydrogen) atoms. The van der Waals surface area contributed by atoms with Crippen LogP contribution in [0.3, 0.4) is 0 Å². The van der Waals surface area contributed by atoms with Gasteiger partial charge in [0.1, 0.15) is 0 Å². The van der Waals surface area contributed by atoms with Gasteiger partial charge >= 0.3 is 0 Å². The second kappa shape index (κ2) is 7.07. The van der Waals surface area contributed by atoms with E-state index in [-0.39, 0.29) is 5.91 Å². The highest BCUT2D eigenvalue weighted by Crippen LogP contribution is 2.21. The van der Waals surface area contributed by atoms with Gasteiger partial charge in [0.2, 0.25) is 5.91 Å². The van der Waals surface area contributed by atoms with Crippen molar-refractivity contribution in [1.82, 2.24) is 24.6 Å². The fourth-order valence-electron chi connectivity index (χ4n) is 3.31. The second-order valence-corrected chi connectivity index (χ2v) is 6.72. The average molecular weight is 359 g/mol. The first-order valence-corrected chi connectivity index (χ1v) is 8.83. The summed E-state index contributed by atoms with van der Waals surface area (Å²) in [6.07, 6.45) is 9.71. The number of nitrogens with zero attached hydrogens (tertiary/aromatic N) is 4. The Morgan fingerprint density at radius 2 is 1.93 bits per heavy atom. The highest BCUT2D eigenvalue weighted by molar-refractivity contribution is 5.89. The number of carbonyl (C=O) groups is 1. The number of nitrogens with one attached hydrogen (secondary N) is 1. The zero-order valence-electron chi connectivity index (χ0n) is 15.4. The number of aryl methyl sites for hydroxylation is 2. The van der Waals surface area contributed by atoms with Crippen molar-refractivity contribution >= 4 is 16.8 Å². The Kier molecular flexibility index (Phi) is 4.46. The molecule has 0 aliphatic carbocycles. The quantitative estimate of drug-likeness (QED) is 0.596. The summed E-state index contributed by atoms with van der Waals surface area (Å²) in [5.74, 6) is -0.00173. The Morgan fingerprint density at radius 1 is 1.07 bits per heavy atom. The maximum Gasteiger partial charge on any atom is 0.224 e. The Morgan fingerprint density at radius 3 is 2.74 bits per heavy atom. The van der Waals surface area contributed by atoms with Crippen LogP contribution < -0.4 is 5.32 Å². The minimum Gasteiger partial charge on any atom is -0.352 e. The van der Waals surface area contributed by atoms with Crippen molar-refractivity contribution < 1.29 is 4.79 Å². The minimum atomic E-state index is -0.00173. The Hall–Kier alpha value is -3.41. The lowest BCUT2D eigenvalue weighted by atomic mass is 10.1. The Balaban J connectivity index is 1.43. The van der Waals surface area contributed by atoms with E-state index < -0.39 is 0 Å². The predicted octanol–water partition coefficient (Wildman–Crippen LogP) is 2.83. The van der Waals surface area contributed by atoms with Crippen LogP contribution in [-0.4, -0.2) is 25.2 Å². The maximum atomic E-state index is 12.4. The van der Waals surface area contributed by atoms with E-state index in [1.54, 1.807) is 23.3 Å². The summed E-state index contributed by atoms with van der Waals surface area (Å²) in [4.78, 5) is 16.7. The van der Waals surface area contributed by atoms with Crippen molar-refractivity contribution in [2.75, 3.05) is 0 Å². The number of hydrogen-bond donors (Lipinski definition) is 1. The SMILES string of the molecule is Cn1cc(-c2cncc(CNC(=O)Cc3cn(C)c4ccccc34)c2)cn1. The normalized spacial score (nSPS) is 11.0. The monoisotopic (exact) mass is 359 g/mol. The first-order valence-electron chi connectivity index (χ1n) is 8.83. The molecule has 1 amide bonds.